The molecule has 112 valence electrons. The van der Waals surface area contributed by atoms with Crippen molar-refractivity contribution in [2.75, 3.05) is 21.3 Å². The van der Waals surface area contributed by atoms with Gasteiger partial charge in [0.25, 0.3) is 0 Å². The number of carboxylic acids is 1. The highest BCUT2D eigenvalue weighted by Gasteiger charge is 2.30. The summed E-state index contributed by atoms with van der Waals surface area (Å²) in [5.41, 5.74) is 0. The van der Waals surface area contributed by atoms with Gasteiger partial charge in [-0.2, -0.15) is 4.31 Å². The van der Waals surface area contributed by atoms with Crippen LogP contribution in [-0.4, -0.2) is 51.1 Å². The van der Waals surface area contributed by atoms with E-state index in [1.54, 1.807) is 0 Å². The Bertz CT molecular complexity index is 598. The van der Waals surface area contributed by atoms with Gasteiger partial charge in [0.15, 0.2) is 11.5 Å². The van der Waals surface area contributed by atoms with Crippen LogP contribution < -0.4 is 9.47 Å². The fourth-order valence-electron chi connectivity index (χ4n) is 1.51. The number of nitrogens with zero attached hydrogens (tertiary/aromatic N) is 1. The van der Waals surface area contributed by atoms with Crippen molar-refractivity contribution in [2.45, 2.75) is 17.9 Å². The molecule has 1 aromatic rings. The van der Waals surface area contributed by atoms with Gasteiger partial charge in [0.2, 0.25) is 10.0 Å². The van der Waals surface area contributed by atoms with Crippen molar-refractivity contribution in [3.63, 3.8) is 0 Å². The van der Waals surface area contributed by atoms with E-state index in [1.165, 1.54) is 46.4 Å². The minimum absolute atomic E-state index is 0.0641. The second-order valence-electron chi connectivity index (χ2n) is 4.05. The van der Waals surface area contributed by atoms with Gasteiger partial charge in [0.1, 0.15) is 6.04 Å². The maximum atomic E-state index is 12.3. The van der Waals surface area contributed by atoms with Gasteiger partial charge < -0.3 is 14.6 Å². The molecule has 0 aliphatic rings. The van der Waals surface area contributed by atoms with E-state index in [9.17, 15) is 13.2 Å². The third kappa shape index (κ3) is 3.02. The molecule has 1 atom stereocenters. The van der Waals surface area contributed by atoms with Crippen molar-refractivity contribution in [3.8, 4) is 11.5 Å². The molecule has 0 radical (unpaired) electrons. The molecule has 1 unspecified atom stereocenters. The molecule has 1 rings (SSSR count). The van der Waals surface area contributed by atoms with Crippen molar-refractivity contribution < 1.29 is 27.8 Å². The number of benzene rings is 1. The summed E-state index contributed by atoms with van der Waals surface area (Å²) in [4.78, 5) is 10.8. The molecule has 0 aliphatic heterocycles. The standard InChI is InChI=1S/C12H17NO6S/c1-8(12(14)15)13(2)20(16,17)9-5-6-10(18-3)11(7-9)19-4/h5-8H,1-4H3,(H,14,15). The quantitative estimate of drug-likeness (QED) is 0.835. The van der Waals surface area contributed by atoms with E-state index in [2.05, 4.69) is 0 Å². The number of methoxy groups -OCH3 is 2. The van der Waals surface area contributed by atoms with Crippen molar-refractivity contribution >= 4 is 16.0 Å². The van der Waals surface area contributed by atoms with Crippen molar-refractivity contribution in [2.24, 2.45) is 0 Å². The van der Waals surface area contributed by atoms with Crippen molar-refractivity contribution in [1.29, 1.82) is 0 Å². The van der Waals surface area contributed by atoms with Gasteiger partial charge in [-0.1, -0.05) is 0 Å². The van der Waals surface area contributed by atoms with Crippen LogP contribution in [0.3, 0.4) is 0 Å². The number of sulfonamides is 1. The summed E-state index contributed by atoms with van der Waals surface area (Å²) >= 11 is 0. The molecule has 0 saturated carbocycles. The van der Waals surface area contributed by atoms with Gasteiger partial charge >= 0.3 is 5.97 Å². The van der Waals surface area contributed by atoms with E-state index in [0.29, 0.717) is 5.75 Å². The molecule has 0 aliphatic carbocycles. The third-order valence-electron chi connectivity index (χ3n) is 2.93. The van der Waals surface area contributed by atoms with Crippen LogP contribution in [0, 0.1) is 0 Å². The molecule has 1 aromatic carbocycles. The van der Waals surface area contributed by atoms with Crippen LogP contribution >= 0.6 is 0 Å². The molecule has 0 saturated heterocycles. The molecule has 0 bridgehead atoms. The number of likely N-dealkylation sites (N-methyl/N-ethyl adjacent to an activating group) is 1. The lowest BCUT2D eigenvalue weighted by Crippen LogP contribution is -2.40. The van der Waals surface area contributed by atoms with Gasteiger partial charge in [-0.25, -0.2) is 8.42 Å². The second kappa shape index (κ2) is 6.10. The number of hydrogen-bond donors (Lipinski definition) is 1. The summed E-state index contributed by atoms with van der Waals surface area (Å²) < 4.78 is 35.5. The van der Waals surface area contributed by atoms with Gasteiger partial charge in [-0.05, 0) is 19.1 Å². The largest absolute Gasteiger partial charge is 0.493 e. The number of hydrogen-bond acceptors (Lipinski definition) is 5. The van der Waals surface area contributed by atoms with Gasteiger partial charge in [-0.15, -0.1) is 0 Å². The lowest BCUT2D eigenvalue weighted by molar-refractivity contribution is -0.140. The average Bonchev–Trinajstić information content (AvgIpc) is 2.44. The van der Waals surface area contributed by atoms with Crippen molar-refractivity contribution in [3.05, 3.63) is 18.2 Å². The maximum absolute atomic E-state index is 12.3. The van der Waals surface area contributed by atoms with Crippen LogP contribution in [0.4, 0.5) is 0 Å². The number of aliphatic carboxylic acids is 1. The minimum atomic E-state index is -3.92. The minimum Gasteiger partial charge on any atom is -0.493 e. The monoisotopic (exact) mass is 303 g/mol. The zero-order chi connectivity index (χ0) is 15.5. The molecular formula is C12H17NO6S. The summed E-state index contributed by atoms with van der Waals surface area (Å²) in [6.07, 6.45) is 0. The van der Waals surface area contributed by atoms with E-state index in [0.717, 1.165) is 4.31 Å². The number of carboxylic acid groups (broad SMARTS) is 1. The van der Waals surface area contributed by atoms with E-state index in [4.69, 9.17) is 14.6 Å². The molecule has 20 heavy (non-hydrogen) atoms. The van der Waals surface area contributed by atoms with Gasteiger partial charge in [0.05, 0.1) is 19.1 Å². The molecule has 0 aromatic heterocycles. The first-order chi connectivity index (χ1) is 9.25. The molecule has 0 spiro atoms. The zero-order valence-electron chi connectivity index (χ0n) is 11.7. The van der Waals surface area contributed by atoms with Crippen molar-refractivity contribution in [1.82, 2.24) is 4.31 Å². The maximum Gasteiger partial charge on any atom is 0.321 e. The Morgan fingerprint density at radius 1 is 1.25 bits per heavy atom. The highest BCUT2D eigenvalue weighted by molar-refractivity contribution is 7.89. The summed E-state index contributed by atoms with van der Waals surface area (Å²) in [6.45, 7) is 1.29. The van der Waals surface area contributed by atoms with Gasteiger partial charge in [0, 0.05) is 13.1 Å². The highest BCUT2D eigenvalue weighted by Crippen LogP contribution is 2.30. The lowest BCUT2D eigenvalue weighted by Gasteiger charge is -2.21. The van der Waals surface area contributed by atoms with Crippen LogP contribution in [0.5, 0.6) is 11.5 Å². The first-order valence-electron chi connectivity index (χ1n) is 5.68. The highest BCUT2D eigenvalue weighted by atomic mass is 32.2. The summed E-state index contributed by atoms with van der Waals surface area (Å²) in [6, 6.07) is 2.90. The number of ether oxygens (including phenoxy) is 2. The van der Waals surface area contributed by atoms with Gasteiger partial charge in [-0.3, -0.25) is 4.79 Å². The Morgan fingerprint density at radius 3 is 2.25 bits per heavy atom. The Morgan fingerprint density at radius 2 is 1.80 bits per heavy atom. The first kappa shape index (κ1) is 16.3. The van der Waals surface area contributed by atoms with E-state index < -0.39 is 22.0 Å². The fraction of sp³-hybridized carbons (Fsp3) is 0.417. The predicted octanol–water partition coefficient (Wildman–Crippen LogP) is 0.797. The molecule has 0 fully saturated rings. The average molecular weight is 303 g/mol. The SMILES string of the molecule is COc1ccc(S(=O)(=O)N(C)C(C)C(=O)O)cc1OC. The van der Waals surface area contributed by atoms with E-state index in [1.807, 2.05) is 0 Å². The lowest BCUT2D eigenvalue weighted by atomic mass is 10.3. The van der Waals surface area contributed by atoms with E-state index >= 15 is 0 Å². The second-order valence-corrected chi connectivity index (χ2v) is 6.05. The summed E-state index contributed by atoms with van der Waals surface area (Å²) in [5, 5.41) is 8.89. The molecule has 8 heteroatoms. The van der Waals surface area contributed by atoms with Crippen LogP contribution in [0.25, 0.3) is 0 Å². The number of rotatable bonds is 6. The summed E-state index contributed by atoms with van der Waals surface area (Å²) in [5.74, 6) is -0.582. The molecule has 0 amide bonds. The Labute approximate surface area is 117 Å². The third-order valence-corrected chi connectivity index (χ3v) is 4.86. The fourth-order valence-corrected chi connectivity index (χ4v) is 2.84. The molecular weight excluding hydrogens is 286 g/mol. The Kier molecular flexibility index (Phi) is 4.96. The van der Waals surface area contributed by atoms with Crippen LogP contribution in [0.1, 0.15) is 6.92 Å². The predicted molar refractivity (Wildman–Crippen MR) is 71.6 cm³/mol. The number of carbonyl (C=O) groups is 1. The first-order valence-corrected chi connectivity index (χ1v) is 7.12. The van der Waals surface area contributed by atoms with Crippen LogP contribution in [-0.2, 0) is 14.8 Å². The normalized spacial score (nSPS) is 13.1. The topological polar surface area (TPSA) is 93.1 Å². The zero-order valence-corrected chi connectivity index (χ0v) is 12.5. The Hall–Kier alpha value is -1.80. The van der Waals surface area contributed by atoms with E-state index in [-0.39, 0.29) is 10.6 Å². The molecule has 1 N–H and O–H groups in total. The Balaban J connectivity index is 3.25. The molecule has 0 heterocycles. The van der Waals surface area contributed by atoms with Crippen LogP contribution in [0.15, 0.2) is 23.1 Å². The molecule has 7 nitrogen and oxygen atoms in total. The summed E-state index contributed by atoms with van der Waals surface area (Å²) in [7, 11) is 0.111. The van der Waals surface area contributed by atoms with Crippen LogP contribution in [0.2, 0.25) is 0 Å². The smallest absolute Gasteiger partial charge is 0.321 e.